The Morgan fingerprint density at radius 2 is 1.90 bits per heavy atom. The third kappa shape index (κ3) is 2.62. The monoisotopic (exact) mass is 300 g/mol. The Bertz CT molecular complexity index is 822. The molecular weight excluding hydrogens is 288 g/mol. The van der Waals surface area contributed by atoms with Crippen LogP contribution in [0.5, 0.6) is 0 Å². The highest BCUT2D eigenvalue weighted by molar-refractivity contribution is 6.30. The number of nitro benzene ring substituents is 1. The Balaban J connectivity index is 2.07. The predicted octanol–water partition coefficient (Wildman–Crippen LogP) is 4.33. The van der Waals surface area contributed by atoms with Gasteiger partial charge in [-0.1, -0.05) is 23.7 Å². The lowest BCUT2D eigenvalue weighted by atomic mass is 10.0. The van der Waals surface area contributed by atoms with Gasteiger partial charge in [0.25, 0.3) is 5.69 Å². The molecule has 3 rings (SSSR count). The van der Waals surface area contributed by atoms with Crippen LogP contribution >= 0.6 is 11.6 Å². The number of halogens is 1. The van der Waals surface area contributed by atoms with Crippen LogP contribution in [-0.4, -0.2) is 9.49 Å². The maximum Gasteiger partial charge on any atom is 0.270 e. The maximum atomic E-state index is 10.9. The van der Waals surface area contributed by atoms with E-state index in [0.29, 0.717) is 5.02 Å². The molecule has 4 nitrogen and oxygen atoms in total. The topological polar surface area (TPSA) is 48.1 Å². The van der Waals surface area contributed by atoms with Crippen LogP contribution in [0, 0.1) is 10.1 Å². The fraction of sp³-hybridized carbons (Fsp3) is 0.125. The predicted molar refractivity (Wildman–Crippen MR) is 83.8 cm³/mol. The fourth-order valence-electron chi connectivity index (χ4n) is 2.54. The molecule has 0 aliphatic carbocycles. The lowest BCUT2D eigenvalue weighted by molar-refractivity contribution is -0.384. The van der Waals surface area contributed by atoms with Gasteiger partial charge in [0.1, 0.15) is 0 Å². The minimum atomic E-state index is -0.363. The molecule has 0 unspecified atom stereocenters. The molecule has 0 N–H and O–H groups in total. The summed E-state index contributed by atoms with van der Waals surface area (Å²) in [6, 6.07) is 12.6. The first-order valence-corrected chi connectivity index (χ1v) is 6.89. The van der Waals surface area contributed by atoms with Gasteiger partial charge in [-0.3, -0.25) is 10.1 Å². The minimum Gasteiger partial charge on any atom is -0.350 e. The van der Waals surface area contributed by atoms with Gasteiger partial charge in [-0.15, -0.1) is 0 Å². The molecule has 0 saturated carbocycles. The molecule has 3 aromatic rings. The van der Waals surface area contributed by atoms with Crippen LogP contribution in [0.3, 0.4) is 0 Å². The number of aryl methyl sites for hydroxylation is 1. The fourth-order valence-corrected chi connectivity index (χ4v) is 2.66. The summed E-state index contributed by atoms with van der Waals surface area (Å²) in [5, 5.41) is 12.6. The van der Waals surface area contributed by atoms with Gasteiger partial charge >= 0.3 is 0 Å². The van der Waals surface area contributed by atoms with E-state index >= 15 is 0 Å². The normalized spacial score (nSPS) is 11.0. The molecule has 0 saturated heterocycles. The van der Waals surface area contributed by atoms with Crippen molar-refractivity contribution >= 4 is 28.2 Å². The van der Waals surface area contributed by atoms with Crippen LogP contribution in [0.15, 0.2) is 48.7 Å². The molecule has 5 heteroatoms. The van der Waals surface area contributed by atoms with Gasteiger partial charge in [-0.2, -0.15) is 0 Å². The van der Waals surface area contributed by atoms with Crippen LogP contribution in [0.1, 0.15) is 11.1 Å². The first-order valence-electron chi connectivity index (χ1n) is 6.51. The summed E-state index contributed by atoms with van der Waals surface area (Å²) in [5.74, 6) is 0. The highest BCUT2D eigenvalue weighted by Crippen LogP contribution is 2.27. The minimum absolute atomic E-state index is 0.117. The van der Waals surface area contributed by atoms with E-state index in [2.05, 4.69) is 0 Å². The summed E-state index contributed by atoms with van der Waals surface area (Å²) in [7, 11) is 1.94. The molecule has 0 spiro atoms. The van der Waals surface area contributed by atoms with Crippen molar-refractivity contribution in [3.63, 3.8) is 0 Å². The zero-order valence-electron chi connectivity index (χ0n) is 11.4. The highest BCUT2D eigenvalue weighted by atomic mass is 35.5. The van der Waals surface area contributed by atoms with Crippen molar-refractivity contribution < 1.29 is 4.92 Å². The van der Waals surface area contributed by atoms with Crippen molar-refractivity contribution in [2.45, 2.75) is 6.42 Å². The molecule has 0 radical (unpaired) electrons. The zero-order valence-corrected chi connectivity index (χ0v) is 12.2. The number of non-ortho nitro benzene ring substituents is 1. The third-order valence-corrected chi connectivity index (χ3v) is 3.83. The van der Waals surface area contributed by atoms with E-state index in [1.165, 1.54) is 6.07 Å². The van der Waals surface area contributed by atoms with Crippen molar-refractivity contribution in [2.24, 2.45) is 7.05 Å². The molecule has 2 aromatic carbocycles. The van der Waals surface area contributed by atoms with Crippen molar-refractivity contribution in [1.29, 1.82) is 0 Å². The van der Waals surface area contributed by atoms with Crippen molar-refractivity contribution in [3.8, 4) is 0 Å². The van der Waals surface area contributed by atoms with E-state index in [1.807, 2.05) is 42.1 Å². The van der Waals surface area contributed by atoms with Crippen molar-refractivity contribution in [2.75, 3.05) is 0 Å². The van der Waals surface area contributed by atoms with E-state index in [1.54, 1.807) is 12.1 Å². The Kier molecular flexibility index (Phi) is 3.39. The number of fused-ring (bicyclic) bond motifs is 1. The summed E-state index contributed by atoms with van der Waals surface area (Å²) < 4.78 is 1.99. The number of rotatable bonds is 3. The number of aromatic nitrogens is 1. The number of nitrogens with zero attached hydrogens (tertiary/aromatic N) is 2. The summed E-state index contributed by atoms with van der Waals surface area (Å²) in [4.78, 5) is 10.6. The number of hydrogen-bond donors (Lipinski definition) is 0. The number of nitro groups is 1. The molecule has 106 valence electrons. The summed E-state index contributed by atoms with van der Waals surface area (Å²) in [5.41, 5.74) is 3.30. The van der Waals surface area contributed by atoms with Gasteiger partial charge in [0.15, 0.2) is 0 Å². The van der Waals surface area contributed by atoms with Gasteiger partial charge < -0.3 is 4.57 Å². The van der Waals surface area contributed by atoms with Gasteiger partial charge in [0.05, 0.1) is 4.92 Å². The molecule has 0 aliphatic heterocycles. The molecule has 0 atom stereocenters. The van der Waals surface area contributed by atoms with Gasteiger partial charge in [-0.25, -0.2) is 0 Å². The Morgan fingerprint density at radius 1 is 1.19 bits per heavy atom. The van der Waals surface area contributed by atoms with Gasteiger partial charge in [-0.05, 0) is 35.7 Å². The quantitative estimate of drug-likeness (QED) is 0.534. The van der Waals surface area contributed by atoms with Crippen molar-refractivity contribution in [1.82, 2.24) is 4.57 Å². The van der Waals surface area contributed by atoms with E-state index < -0.39 is 0 Å². The SMILES string of the molecule is Cn1cc(Cc2ccc(Cl)cc2)c2cc([N+](=O)[O-])ccc21. The average Bonchev–Trinajstić information content (AvgIpc) is 2.77. The molecule has 0 bridgehead atoms. The van der Waals surface area contributed by atoms with Crippen molar-refractivity contribution in [3.05, 3.63) is 74.9 Å². The Hall–Kier alpha value is -2.33. The van der Waals surface area contributed by atoms with E-state index in [9.17, 15) is 10.1 Å². The number of benzene rings is 2. The second-order valence-corrected chi connectivity index (χ2v) is 5.46. The largest absolute Gasteiger partial charge is 0.350 e. The molecule has 0 fully saturated rings. The standard InChI is InChI=1S/C16H13ClN2O2/c1-18-10-12(8-11-2-4-13(17)5-3-11)15-9-14(19(20)21)6-7-16(15)18/h2-7,9-10H,8H2,1H3. The van der Waals surface area contributed by atoms with Gasteiger partial charge in [0.2, 0.25) is 0 Å². The Morgan fingerprint density at radius 3 is 2.57 bits per heavy atom. The van der Waals surface area contributed by atoms with Crippen LogP contribution in [-0.2, 0) is 13.5 Å². The molecular formula is C16H13ClN2O2. The van der Waals surface area contributed by atoms with E-state index in [0.717, 1.165) is 28.5 Å². The highest BCUT2D eigenvalue weighted by Gasteiger charge is 2.12. The van der Waals surface area contributed by atoms with Gasteiger partial charge in [0, 0.05) is 41.3 Å². The van der Waals surface area contributed by atoms with Crippen LogP contribution in [0.25, 0.3) is 10.9 Å². The average molecular weight is 301 g/mol. The smallest absolute Gasteiger partial charge is 0.270 e. The zero-order chi connectivity index (χ0) is 15.0. The molecule has 1 heterocycles. The summed E-state index contributed by atoms with van der Waals surface area (Å²) >= 11 is 5.89. The second kappa shape index (κ2) is 5.22. The van der Waals surface area contributed by atoms with Crippen LogP contribution in [0.2, 0.25) is 5.02 Å². The summed E-state index contributed by atoms with van der Waals surface area (Å²) in [6.07, 6.45) is 2.73. The van der Waals surface area contributed by atoms with E-state index in [4.69, 9.17) is 11.6 Å². The number of hydrogen-bond acceptors (Lipinski definition) is 2. The lowest BCUT2D eigenvalue weighted by Crippen LogP contribution is -1.89. The molecule has 21 heavy (non-hydrogen) atoms. The summed E-state index contributed by atoms with van der Waals surface area (Å²) in [6.45, 7) is 0. The van der Waals surface area contributed by atoms with E-state index in [-0.39, 0.29) is 10.6 Å². The molecule has 0 aliphatic rings. The molecule has 0 amide bonds. The third-order valence-electron chi connectivity index (χ3n) is 3.57. The first kappa shape index (κ1) is 13.6. The molecule has 1 aromatic heterocycles. The van der Waals surface area contributed by atoms with Crippen LogP contribution < -0.4 is 0 Å². The van der Waals surface area contributed by atoms with Crippen LogP contribution in [0.4, 0.5) is 5.69 Å². The Labute approximate surface area is 126 Å². The maximum absolute atomic E-state index is 10.9. The second-order valence-electron chi connectivity index (χ2n) is 5.03. The first-order chi connectivity index (χ1) is 10.0. The lowest BCUT2D eigenvalue weighted by Gasteiger charge is -2.01.